The summed E-state index contributed by atoms with van der Waals surface area (Å²) in [5.74, 6) is -2.81. The van der Waals surface area contributed by atoms with Crippen molar-refractivity contribution in [3.05, 3.63) is 69.8 Å². The van der Waals surface area contributed by atoms with Gasteiger partial charge >= 0.3 is 24.2 Å². The van der Waals surface area contributed by atoms with Gasteiger partial charge in [-0.2, -0.15) is 17.9 Å². The van der Waals surface area contributed by atoms with Crippen molar-refractivity contribution in [3.8, 4) is 23.0 Å². The van der Waals surface area contributed by atoms with E-state index in [9.17, 15) is 41.0 Å². The van der Waals surface area contributed by atoms with Gasteiger partial charge in [-0.3, -0.25) is 9.36 Å². The van der Waals surface area contributed by atoms with Crippen molar-refractivity contribution in [2.45, 2.75) is 51.7 Å². The van der Waals surface area contributed by atoms with E-state index in [1.165, 1.54) is 31.2 Å². The molecule has 0 unspecified atom stereocenters. The van der Waals surface area contributed by atoms with Crippen LogP contribution in [0.5, 0.6) is 5.75 Å². The molecular weight excluding hydrogens is 616 g/mol. The molecule has 0 aliphatic heterocycles. The number of carbonyl (C=O) groups excluding carboxylic acids is 1. The van der Waals surface area contributed by atoms with Crippen LogP contribution in [0.3, 0.4) is 0 Å². The maximum Gasteiger partial charge on any atom is 0.573 e. The lowest BCUT2D eigenvalue weighted by Crippen LogP contribution is -2.37. The van der Waals surface area contributed by atoms with E-state index in [0.717, 1.165) is 29.9 Å². The quantitative estimate of drug-likeness (QED) is 0.215. The fourth-order valence-electron chi connectivity index (χ4n) is 3.83. The zero-order chi connectivity index (χ0) is 31.7. The molecule has 19 heteroatoms. The molecule has 3 heterocycles. The molecule has 0 saturated carbocycles. The van der Waals surface area contributed by atoms with Gasteiger partial charge in [0.2, 0.25) is 0 Å². The number of hydrogen-bond acceptors (Lipinski definition) is 9. The molecule has 43 heavy (non-hydrogen) atoms. The first-order chi connectivity index (χ1) is 20.0. The summed E-state index contributed by atoms with van der Waals surface area (Å²) in [6.45, 7) is 0.612. The number of nitrogens with zero attached hydrogens (tertiary/aromatic N) is 7. The molecule has 0 fully saturated rings. The highest BCUT2D eigenvalue weighted by molar-refractivity contribution is 6.30. The van der Waals surface area contributed by atoms with Crippen molar-refractivity contribution < 1.29 is 45.7 Å². The Morgan fingerprint density at radius 1 is 1.09 bits per heavy atom. The Morgan fingerprint density at radius 3 is 2.37 bits per heavy atom. The summed E-state index contributed by atoms with van der Waals surface area (Å²) in [6, 6.07) is 7.71. The Labute approximate surface area is 242 Å². The number of aliphatic hydroxyl groups is 1. The summed E-state index contributed by atoms with van der Waals surface area (Å²) < 4.78 is 89.9. The Balaban J connectivity index is 1.82. The maximum atomic E-state index is 13.2. The van der Waals surface area contributed by atoms with Crippen LogP contribution in [0.1, 0.15) is 31.6 Å². The minimum atomic E-state index is -5.11. The number of carbonyl (C=O) groups is 1. The van der Waals surface area contributed by atoms with E-state index in [-0.39, 0.29) is 23.0 Å². The van der Waals surface area contributed by atoms with E-state index >= 15 is 0 Å². The Kier molecular flexibility index (Phi) is 8.82. The fourth-order valence-corrected chi connectivity index (χ4v) is 3.96. The largest absolute Gasteiger partial charge is 0.573 e. The van der Waals surface area contributed by atoms with Crippen molar-refractivity contribution in [2.24, 2.45) is 0 Å². The summed E-state index contributed by atoms with van der Waals surface area (Å²) in [5.41, 5.74) is -0.919. The predicted molar refractivity (Wildman–Crippen MR) is 134 cm³/mol. The zero-order valence-electron chi connectivity index (χ0n) is 22.0. The molecule has 230 valence electrons. The normalized spacial score (nSPS) is 13.5. The number of ether oxygens (including phenoxy) is 2. The number of benzene rings is 1. The molecule has 3 aromatic heterocycles. The third-order valence-corrected chi connectivity index (χ3v) is 5.86. The Bertz CT molecular complexity index is 1670. The van der Waals surface area contributed by atoms with Crippen LogP contribution in [0, 0.1) is 0 Å². The van der Waals surface area contributed by atoms with Crippen LogP contribution in [0.2, 0.25) is 5.02 Å². The van der Waals surface area contributed by atoms with Crippen molar-refractivity contribution in [2.75, 3.05) is 0 Å². The van der Waals surface area contributed by atoms with Gasteiger partial charge < -0.3 is 14.6 Å². The summed E-state index contributed by atoms with van der Waals surface area (Å²) in [7, 11) is 0. The molecule has 2 atom stereocenters. The van der Waals surface area contributed by atoms with E-state index < -0.39 is 61.1 Å². The smallest absolute Gasteiger partial charge is 0.455 e. The van der Waals surface area contributed by atoms with E-state index in [1.807, 2.05) is 0 Å². The number of halogens is 7. The number of rotatable bonds is 9. The highest BCUT2D eigenvalue weighted by Gasteiger charge is 2.39. The fraction of sp³-hybridized carbons (Fsp3) is 0.333. The monoisotopic (exact) mass is 635 g/mol. The first kappa shape index (κ1) is 31.5. The number of alkyl halides is 6. The molecule has 0 aliphatic carbocycles. The lowest BCUT2D eigenvalue weighted by Gasteiger charge is -2.15. The van der Waals surface area contributed by atoms with Gasteiger partial charge in [0.25, 0.3) is 0 Å². The second-order valence-corrected chi connectivity index (χ2v) is 9.30. The molecule has 0 aliphatic rings. The van der Waals surface area contributed by atoms with Crippen LogP contribution < -0.4 is 10.4 Å². The number of aromatic nitrogens is 7. The second-order valence-electron chi connectivity index (χ2n) is 8.86. The van der Waals surface area contributed by atoms with Crippen LogP contribution >= 0.6 is 11.6 Å². The lowest BCUT2D eigenvalue weighted by atomic mass is 10.2. The number of hydrogen-bond donors (Lipinski definition) is 1. The third kappa shape index (κ3) is 7.50. The van der Waals surface area contributed by atoms with Gasteiger partial charge in [0, 0.05) is 23.7 Å². The first-order valence-electron chi connectivity index (χ1n) is 12.1. The van der Waals surface area contributed by atoms with Crippen LogP contribution in [0.4, 0.5) is 26.3 Å². The zero-order valence-corrected chi connectivity index (χ0v) is 22.7. The number of esters is 1. The minimum Gasteiger partial charge on any atom is -0.455 e. The molecule has 0 amide bonds. The molecule has 0 saturated heterocycles. The van der Waals surface area contributed by atoms with Crippen molar-refractivity contribution in [3.63, 3.8) is 0 Å². The van der Waals surface area contributed by atoms with E-state index in [4.69, 9.17) is 16.3 Å². The molecule has 12 nitrogen and oxygen atoms in total. The van der Waals surface area contributed by atoms with Gasteiger partial charge in [-0.15, -0.1) is 23.4 Å². The van der Waals surface area contributed by atoms with Gasteiger partial charge in [-0.25, -0.2) is 19.4 Å². The van der Waals surface area contributed by atoms with Crippen molar-refractivity contribution in [1.29, 1.82) is 0 Å². The van der Waals surface area contributed by atoms with Crippen LogP contribution in [0.15, 0.2) is 47.4 Å². The number of aliphatic hydroxyl groups excluding tert-OH is 1. The SMILES string of the molecule is CC(=O)O[C@@H](C)c1nc(Cn2nc(-c3ccc(Cl)cc3)n(C[C@H](O)C(F)(F)F)c2=O)nn1-c1ncccc1OC(F)(F)F. The summed E-state index contributed by atoms with van der Waals surface area (Å²) >= 11 is 5.89. The Morgan fingerprint density at radius 2 is 1.77 bits per heavy atom. The highest BCUT2D eigenvalue weighted by Crippen LogP contribution is 2.30. The predicted octanol–water partition coefficient (Wildman–Crippen LogP) is 3.84. The van der Waals surface area contributed by atoms with Gasteiger partial charge in [-0.1, -0.05) is 11.6 Å². The van der Waals surface area contributed by atoms with Gasteiger partial charge in [0.1, 0.15) is 6.54 Å². The average Bonchev–Trinajstić information content (AvgIpc) is 3.45. The molecule has 0 bridgehead atoms. The minimum absolute atomic E-state index is 0.180. The molecule has 1 aromatic carbocycles. The average molecular weight is 636 g/mol. The van der Waals surface area contributed by atoms with Gasteiger partial charge in [-0.05, 0) is 43.3 Å². The second kappa shape index (κ2) is 12.0. The first-order valence-corrected chi connectivity index (χ1v) is 12.4. The van der Waals surface area contributed by atoms with Crippen molar-refractivity contribution >= 4 is 17.6 Å². The summed E-state index contributed by atoms with van der Waals surface area (Å²) in [4.78, 5) is 32.9. The number of pyridine rings is 1. The summed E-state index contributed by atoms with van der Waals surface area (Å²) in [6.07, 6.45) is -13.1. The highest BCUT2D eigenvalue weighted by atomic mass is 35.5. The van der Waals surface area contributed by atoms with E-state index in [2.05, 4.69) is 24.9 Å². The molecule has 1 N–H and O–H groups in total. The standard InChI is InChI=1S/C24H20ClF6N7O5/c1-12(42-13(2)39)19-33-18(34-38(19)21-16(4-3-9-32-21)43-24(29,30)31)11-37-22(41)36(10-17(40)23(26,27)28)20(35-37)14-5-7-15(25)8-6-14/h3-9,12,17,40H,10-11H2,1-2H3/t12-,17-/m0/s1. The van der Waals surface area contributed by atoms with E-state index in [1.54, 1.807) is 0 Å². The Hall–Kier alpha value is -4.45. The van der Waals surface area contributed by atoms with Gasteiger partial charge in [0.05, 0.1) is 6.54 Å². The van der Waals surface area contributed by atoms with Crippen molar-refractivity contribution in [1.82, 2.24) is 34.1 Å². The van der Waals surface area contributed by atoms with Gasteiger partial charge in [0.15, 0.2) is 41.2 Å². The third-order valence-electron chi connectivity index (χ3n) is 5.61. The van der Waals surface area contributed by atoms with Crippen LogP contribution in [-0.4, -0.2) is 63.8 Å². The maximum absolute atomic E-state index is 13.2. The van der Waals surface area contributed by atoms with Crippen LogP contribution in [0.25, 0.3) is 17.2 Å². The molecule has 0 spiro atoms. The van der Waals surface area contributed by atoms with E-state index in [0.29, 0.717) is 14.3 Å². The summed E-state index contributed by atoms with van der Waals surface area (Å²) in [5, 5.41) is 18.2. The van der Waals surface area contributed by atoms with Crippen LogP contribution in [-0.2, 0) is 22.6 Å². The molecule has 0 radical (unpaired) electrons. The molecule has 4 rings (SSSR count). The topological polar surface area (TPSA) is 139 Å². The molecular formula is C24H20ClF6N7O5. The lowest BCUT2D eigenvalue weighted by molar-refractivity contribution is -0.274. The molecule has 4 aromatic rings.